The lowest BCUT2D eigenvalue weighted by Crippen LogP contribution is -2.00. The van der Waals surface area contributed by atoms with E-state index in [1.54, 1.807) is 19.4 Å². The van der Waals surface area contributed by atoms with E-state index in [1.165, 1.54) is 5.56 Å². The average Bonchev–Trinajstić information content (AvgIpc) is 2.77. The number of hydrogen-bond acceptors (Lipinski definition) is 5. The van der Waals surface area contributed by atoms with Crippen LogP contribution >= 0.6 is 15.9 Å². The highest BCUT2D eigenvalue weighted by molar-refractivity contribution is 9.10. The van der Waals surface area contributed by atoms with Gasteiger partial charge in [-0.3, -0.25) is 0 Å². The molecule has 30 heavy (non-hydrogen) atoms. The molecular weight excluding hydrogens is 444 g/mol. The summed E-state index contributed by atoms with van der Waals surface area (Å²) in [5, 5.41) is 13.1. The molecule has 0 heterocycles. The highest BCUT2D eigenvalue weighted by Gasteiger charge is 2.12. The summed E-state index contributed by atoms with van der Waals surface area (Å²) in [4.78, 5) is 5.36. The Kier molecular flexibility index (Phi) is 7.47. The molecule has 0 aliphatic rings. The number of ether oxygens (including phenoxy) is 2. The maximum atomic E-state index is 9.12. The van der Waals surface area contributed by atoms with Crippen molar-refractivity contribution in [3.05, 3.63) is 93.0 Å². The summed E-state index contributed by atoms with van der Waals surface area (Å²) in [6.07, 6.45) is 1.59. The highest BCUT2D eigenvalue weighted by Crippen LogP contribution is 2.36. The summed E-state index contributed by atoms with van der Waals surface area (Å²) in [5.41, 5.74) is 4.43. The summed E-state index contributed by atoms with van der Waals surface area (Å²) in [5.74, 6) is 1.21. The van der Waals surface area contributed by atoms with Gasteiger partial charge in [-0.15, -0.1) is 0 Å². The molecule has 3 aromatic rings. The Morgan fingerprint density at radius 3 is 2.57 bits per heavy atom. The number of methoxy groups -OCH3 is 1. The number of nitriles is 1. The Morgan fingerprint density at radius 2 is 1.83 bits per heavy atom. The standard InChI is InChI=1S/C24H21BrN2O3/c1-17-7-9-18(10-8-17)15-29-24-22(25)11-19(12-23(24)28-2)14-27-30-16-21-6-4-3-5-20(21)13-26/h3-12,14H,15-16H2,1-2H3/b27-14-. The Labute approximate surface area is 184 Å². The van der Waals surface area contributed by atoms with E-state index in [9.17, 15) is 0 Å². The zero-order valence-electron chi connectivity index (χ0n) is 16.8. The van der Waals surface area contributed by atoms with Crippen LogP contribution in [0.3, 0.4) is 0 Å². The van der Waals surface area contributed by atoms with Crippen LogP contribution in [0.15, 0.2) is 70.3 Å². The van der Waals surface area contributed by atoms with Gasteiger partial charge in [0.25, 0.3) is 0 Å². The zero-order chi connectivity index (χ0) is 21.3. The van der Waals surface area contributed by atoms with Crippen molar-refractivity contribution >= 4 is 22.1 Å². The third-order valence-corrected chi connectivity index (χ3v) is 4.98. The van der Waals surface area contributed by atoms with E-state index in [1.807, 2.05) is 42.5 Å². The van der Waals surface area contributed by atoms with Crippen molar-refractivity contribution < 1.29 is 14.3 Å². The summed E-state index contributed by atoms with van der Waals surface area (Å²) < 4.78 is 12.2. The van der Waals surface area contributed by atoms with Crippen LogP contribution in [0.1, 0.15) is 27.8 Å². The molecule has 0 spiro atoms. The minimum absolute atomic E-state index is 0.219. The SMILES string of the molecule is COc1cc(/C=N\OCc2ccccc2C#N)cc(Br)c1OCc1ccc(C)cc1. The molecule has 0 saturated heterocycles. The Bertz CT molecular complexity index is 1070. The average molecular weight is 465 g/mol. The van der Waals surface area contributed by atoms with Gasteiger partial charge < -0.3 is 14.3 Å². The predicted octanol–water partition coefficient (Wildman–Crippen LogP) is 5.77. The first-order chi connectivity index (χ1) is 14.6. The van der Waals surface area contributed by atoms with E-state index >= 15 is 0 Å². The largest absolute Gasteiger partial charge is 0.493 e. The van der Waals surface area contributed by atoms with Crippen molar-refractivity contribution in [1.29, 1.82) is 5.26 Å². The first kappa shape index (κ1) is 21.4. The molecule has 0 N–H and O–H groups in total. The molecular formula is C24H21BrN2O3. The third-order valence-electron chi connectivity index (χ3n) is 4.39. The molecule has 3 rings (SSSR count). The number of benzene rings is 3. The number of oxime groups is 1. The maximum Gasteiger partial charge on any atom is 0.175 e. The van der Waals surface area contributed by atoms with Gasteiger partial charge in [0.1, 0.15) is 13.2 Å². The molecule has 0 unspecified atom stereocenters. The Balaban J connectivity index is 1.66. The van der Waals surface area contributed by atoms with Crippen LogP contribution in [0.5, 0.6) is 11.5 Å². The number of hydrogen-bond donors (Lipinski definition) is 0. The summed E-state index contributed by atoms with van der Waals surface area (Å²) >= 11 is 3.55. The number of aryl methyl sites for hydroxylation is 1. The second kappa shape index (κ2) is 10.5. The van der Waals surface area contributed by atoms with E-state index < -0.39 is 0 Å². The fourth-order valence-corrected chi connectivity index (χ4v) is 3.33. The van der Waals surface area contributed by atoms with Crippen LogP contribution in [-0.4, -0.2) is 13.3 Å². The van der Waals surface area contributed by atoms with Gasteiger partial charge in [0.05, 0.1) is 29.4 Å². The molecule has 0 aliphatic heterocycles. The van der Waals surface area contributed by atoms with E-state index in [0.717, 1.165) is 21.2 Å². The van der Waals surface area contributed by atoms with Crippen LogP contribution in [-0.2, 0) is 18.1 Å². The van der Waals surface area contributed by atoms with Crippen molar-refractivity contribution in [1.82, 2.24) is 0 Å². The Hall–Kier alpha value is -3.30. The summed E-state index contributed by atoms with van der Waals surface area (Å²) in [6.45, 7) is 2.71. The van der Waals surface area contributed by atoms with E-state index in [-0.39, 0.29) is 6.61 Å². The molecule has 0 bridgehead atoms. The normalized spacial score (nSPS) is 10.6. The van der Waals surface area contributed by atoms with E-state index in [4.69, 9.17) is 19.6 Å². The lowest BCUT2D eigenvalue weighted by Gasteiger charge is -2.13. The van der Waals surface area contributed by atoms with Crippen molar-refractivity contribution in [2.45, 2.75) is 20.1 Å². The zero-order valence-corrected chi connectivity index (χ0v) is 18.3. The van der Waals surface area contributed by atoms with Gasteiger partial charge in [0.2, 0.25) is 0 Å². The molecule has 3 aromatic carbocycles. The van der Waals surface area contributed by atoms with Crippen molar-refractivity contribution in [3.63, 3.8) is 0 Å². The van der Waals surface area contributed by atoms with Gasteiger partial charge in [-0.2, -0.15) is 5.26 Å². The van der Waals surface area contributed by atoms with Crippen LogP contribution in [0, 0.1) is 18.3 Å². The maximum absolute atomic E-state index is 9.12. The quantitative estimate of drug-likeness (QED) is 0.313. The first-order valence-corrected chi connectivity index (χ1v) is 10.1. The van der Waals surface area contributed by atoms with Crippen molar-refractivity contribution in [2.24, 2.45) is 5.16 Å². The lowest BCUT2D eigenvalue weighted by molar-refractivity contribution is 0.132. The van der Waals surface area contributed by atoms with Gasteiger partial charge in [-0.1, -0.05) is 53.2 Å². The number of halogens is 1. The predicted molar refractivity (Wildman–Crippen MR) is 120 cm³/mol. The molecule has 152 valence electrons. The van der Waals surface area contributed by atoms with Crippen LogP contribution in [0.2, 0.25) is 0 Å². The van der Waals surface area contributed by atoms with Crippen molar-refractivity contribution in [3.8, 4) is 17.6 Å². The second-order valence-corrected chi connectivity index (χ2v) is 7.44. The second-order valence-electron chi connectivity index (χ2n) is 6.59. The molecule has 0 amide bonds. The van der Waals surface area contributed by atoms with Crippen molar-refractivity contribution in [2.75, 3.05) is 7.11 Å². The topological polar surface area (TPSA) is 63.8 Å². The fraction of sp³-hybridized carbons (Fsp3) is 0.167. The smallest absolute Gasteiger partial charge is 0.175 e. The molecule has 0 aromatic heterocycles. The molecule has 5 nitrogen and oxygen atoms in total. The third kappa shape index (κ3) is 5.62. The van der Waals surface area contributed by atoms with Crippen LogP contribution in [0.4, 0.5) is 0 Å². The minimum atomic E-state index is 0.219. The lowest BCUT2D eigenvalue weighted by atomic mass is 10.1. The van der Waals surface area contributed by atoms with Gasteiger partial charge in [0.15, 0.2) is 11.5 Å². The van der Waals surface area contributed by atoms with Gasteiger partial charge in [0, 0.05) is 11.1 Å². The molecule has 0 saturated carbocycles. The van der Waals surface area contributed by atoms with Gasteiger partial charge >= 0.3 is 0 Å². The Morgan fingerprint density at radius 1 is 1.07 bits per heavy atom. The minimum Gasteiger partial charge on any atom is -0.493 e. The molecule has 0 aliphatic carbocycles. The molecule has 6 heteroatoms. The molecule has 0 radical (unpaired) electrons. The summed E-state index contributed by atoms with van der Waals surface area (Å²) in [7, 11) is 1.59. The van der Waals surface area contributed by atoms with Gasteiger partial charge in [-0.25, -0.2) is 0 Å². The van der Waals surface area contributed by atoms with E-state index in [0.29, 0.717) is 23.7 Å². The molecule has 0 atom stereocenters. The fourth-order valence-electron chi connectivity index (χ4n) is 2.75. The molecule has 0 fully saturated rings. The van der Waals surface area contributed by atoms with Crippen LogP contribution in [0.25, 0.3) is 0 Å². The van der Waals surface area contributed by atoms with E-state index in [2.05, 4.69) is 46.2 Å². The number of nitrogens with zero attached hydrogens (tertiary/aromatic N) is 2. The highest BCUT2D eigenvalue weighted by atomic mass is 79.9. The summed E-state index contributed by atoms with van der Waals surface area (Å²) in [6, 6.07) is 21.3. The monoisotopic (exact) mass is 464 g/mol. The number of rotatable bonds is 8. The van der Waals surface area contributed by atoms with Crippen LogP contribution < -0.4 is 9.47 Å². The first-order valence-electron chi connectivity index (χ1n) is 9.30. The van der Waals surface area contributed by atoms with Gasteiger partial charge in [-0.05, 0) is 46.6 Å².